The molecule has 0 heterocycles. The zero-order chi connectivity index (χ0) is 30.9. The summed E-state index contributed by atoms with van der Waals surface area (Å²) in [6.07, 6.45) is 2.65. The first-order valence-electron chi connectivity index (χ1n) is 14.0. The fourth-order valence-corrected chi connectivity index (χ4v) is 6.16. The minimum Gasteiger partial charge on any atom is -0.494 e. The smallest absolute Gasteiger partial charge is 0.264 e. The van der Waals surface area contributed by atoms with E-state index in [2.05, 4.69) is 5.32 Å². The minimum absolute atomic E-state index is 0.0646. The number of hydrogen-bond donors (Lipinski definition) is 1. The quantitative estimate of drug-likeness (QED) is 0.237. The van der Waals surface area contributed by atoms with E-state index < -0.39 is 28.5 Å². The molecule has 1 N–H and O–H groups in total. The number of benzene rings is 3. The largest absolute Gasteiger partial charge is 0.494 e. The van der Waals surface area contributed by atoms with E-state index in [1.807, 2.05) is 58.2 Å². The molecule has 0 bridgehead atoms. The number of thioether (sulfide) groups is 1. The van der Waals surface area contributed by atoms with Gasteiger partial charge in [0.1, 0.15) is 18.3 Å². The third-order valence-corrected chi connectivity index (χ3v) is 9.50. The normalized spacial score (nSPS) is 12.7. The first-order valence-corrected chi connectivity index (χ1v) is 16.7. The highest BCUT2D eigenvalue weighted by Crippen LogP contribution is 2.28. The van der Waals surface area contributed by atoms with Gasteiger partial charge in [-0.25, -0.2) is 8.42 Å². The number of aryl methyl sites for hydroxylation is 1. The Hall–Kier alpha value is -3.50. The maximum absolute atomic E-state index is 14.1. The van der Waals surface area contributed by atoms with Gasteiger partial charge in [-0.1, -0.05) is 36.8 Å². The zero-order valence-corrected chi connectivity index (χ0v) is 26.8. The van der Waals surface area contributed by atoms with Crippen LogP contribution in [0.4, 0.5) is 5.69 Å². The molecule has 0 aliphatic rings. The Morgan fingerprint density at radius 3 is 2.21 bits per heavy atom. The van der Waals surface area contributed by atoms with Crippen molar-refractivity contribution in [2.75, 3.05) is 23.7 Å². The average molecular weight is 612 g/mol. The second-order valence-corrected chi connectivity index (χ2v) is 12.9. The maximum atomic E-state index is 14.1. The molecule has 3 aromatic rings. The van der Waals surface area contributed by atoms with Gasteiger partial charge < -0.3 is 15.0 Å². The lowest BCUT2D eigenvalue weighted by Crippen LogP contribution is -2.52. The van der Waals surface area contributed by atoms with Crippen LogP contribution in [0, 0.1) is 6.92 Å². The number of rotatable bonds is 14. The molecule has 0 aliphatic carbocycles. The van der Waals surface area contributed by atoms with Crippen molar-refractivity contribution < 1.29 is 22.7 Å². The number of nitrogens with zero attached hydrogens (tertiary/aromatic N) is 2. The van der Waals surface area contributed by atoms with Crippen LogP contribution in [0.2, 0.25) is 0 Å². The fraction of sp³-hybridized carbons (Fsp3) is 0.375. The Morgan fingerprint density at radius 2 is 1.64 bits per heavy atom. The van der Waals surface area contributed by atoms with Gasteiger partial charge in [0.15, 0.2) is 0 Å². The van der Waals surface area contributed by atoms with Crippen LogP contribution < -0.4 is 14.4 Å². The van der Waals surface area contributed by atoms with E-state index in [1.54, 1.807) is 55.5 Å². The van der Waals surface area contributed by atoms with Crippen LogP contribution in [0.15, 0.2) is 82.6 Å². The van der Waals surface area contributed by atoms with Crippen LogP contribution in [0.5, 0.6) is 5.75 Å². The lowest BCUT2D eigenvalue weighted by Gasteiger charge is -2.32. The third-order valence-electron chi connectivity index (χ3n) is 6.97. The molecule has 0 radical (unpaired) electrons. The molecule has 8 nitrogen and oxygen atoms in total. The molecule has 0 unspecified atom stereocenters. The summed E-state index contributed by atoms with van der Waals surface area (Å²) < 4.78 is 34.7. The maximum Gasteiger partial charge on any atom is 0.264 e. The molecule has 0 aromatic heterocycles. The second-order valence-electron chi connectivity index (χ2n) is 10.1. The van der Waals surface area contributed by atoms with Gasteiger partial charge in [0.2, 0.25) is 11.8 Å². The highest BCUT2D eigenvalue weighted by atomic mass is 32.2. The van der Waals surface area contributed by atoms with Crippen molar-refractivity contribution in [3.63, 3.8) is 0 Å². The Bertz CT molecular complexity index is 1440. The Morgan fingerprint density at radius 1 is 0.976 bits per heavy atom. The highest BCUT2D eigenvalue weighted by Gasteiger charge is 2.33. The van der Waals surface area contributed by atoms with Crippen molar-refractivity contribution in [2.45, 2.75) is 69.5 Å². The Labute approximate surface area is 254 Å². The molecular weight excluding hydrogens is 571 g/mol. The summed E-state index contributed by atoms with van der Waals surface area (Å²) in [7, 11) is -4.15. The van der Waals surface area contributed by atoms with Gasteiger partial charge in [0, 0.05) is 17.5 Å². The number of amides is 2. The molecule has 10 heteroatoms. The zero-order valence-electron chi connectivity index (χ0n) is 25.2. The molecule has 0 saturated carbocycles. The highest BCUT2D eigenvalue weighted by molar-refractivity contribution is 7.98. The molecule has 0 aliphatic heterocycles. The average Bonchev–Trinajstić information content (AvgIpc) is 2.98. The van der Waals surface area contributed by atoms with Gasteiger partial charge in [-0.15, -0.1) is 11.8 Å². The number of carbonyl (C=O) groups excluding carboxylic acids is 2. The topological polar surface area (TPSA) is 96.0 Å². The van der Waals surface area contributed by atoms with Crippen LogP contribution >= 0.6 is 11.8 Å². The Balaban J connectivity index is 2.03. The van der Waals surface area contributed by atoms with Crippen molar-refractivity contribution in [1.29, 1.82) is 0 Å². The molecule has 42 heavy (non-hydrogen) atoms. The van der Waals surface area contributed by atoms with Crippen molar-refractivity contribution >= 4 is 39.3 Å². The predicted molar refractivity (Wildman–Crippen MR) is 169 cm³/mol. The van der Waals surface area contributed by atoms with Crippen LogP contribution in [-0.2, 0) is 26.2 Å². The molecule has 3 rings (SSSR count). The molecule has 226 valence electrons. The summed E-state index contributed by atoms with van der Waals surface area (Å²) in [6, 6.07) is 19.9. The van der Waals surface area contributed by atoms with Crippen molar-refractivity contribution in [3.05, 3.63) is 83.9 Å². The lowest BCUT2D eigenvalue weighted by molar-refractivity contribution is -0.139. The number of anilines is 1. The van der Waals surface area contributed by atoms with Crippen molar-refractivity contribution in [2.24, 2.45) is 0 Å². The first-order chi connectivity index (χ1) is 20.0. The number of sulfonamides is 1. The molecule has 3 aromatic carbocycles. The van der Waals surface area contributed by atoms with Gasteiger partial charge in [-0.3, -0.25) is 13.9 Å². The monoisotopic (exact) mass is 611 g/mol. The van der Waals surface area contributed by atoms with Gasteiger partial charge in [-0.05, 0) is 94.5 Å². The molecule has 0 saturated heterocycles. The summed E-state index contributed by atoms with van der Waals surface area (Å²) in [4.78, 5) is 29.7. The standard InChI is InChI=1S/C32H41N3O5S2/c1-7-24(4)33-32(37)25(5)34(21-26-11-9-10-23(3)20-26)31(36)22-35(27-12-14-28(15-13-27)40-8-2)42(38,39)30-18-16-29(41-6)17-19-30/h9-20,24-25H,7-8,21-22H2,1-6H3,(H,33,37)/t24-,25-/m0/s1. The second kappa shape index (κ2) is 15.1. The van der Waals surface area contributed by atoms with Gasteiger partial charge in [0.05, 0.1) is 17.2 Å². The first kappa shape index (κ1) is 33.0. The third kappa shape index (κ3) is 8.51. The molecule has 2 atom stereocenters. The summed E-state index contributed by atoms with van der Waals surface area (Å²) in [5.41, 5.74) is 2.17. The Kier molecular flexibility index (Phi) is 11.9. The lowest BCUT2D eigenvalue weighted by atomic mass is 10.1. The van der Waals surface area contributed by atoms with E-state index in [1.165, 1.54) is 16.7 Å². The van der Waals surface area contributed by atoms with Crippen LogP contribution in [0.25, 0.3) is 0 Å². The predicted octanol–water partition coefficient (Wildman–Crippen LogP) is 5.64. The van der Waals surface area contributed by atoms with Gasteiger partial charge >= 0.3 is 0 Å². The summed E-state index contributed by atoms with van der Waals surface area (Å²) >= 11 is 1.51. The van der Waals surface area contributed by atoms with Crippen molar-refractivity contribution in [3.8, 4) is 5.75 Å². The molecule has 0 spiro atoms. The van der Waals surface area contributed by atoms with E-state index in [0.717, 1.165) is 26.7 Å². The SMILES string of the molecule is CCOc1ccc(N(CC(=O)N(Cc2cccc(C)c2)[C@@H](C)C(=O)N[C@@H](C)CC)S(=O)(=O)c2ccc(SC)cc2)cc1. The van der Waals surface area contributed by atoms with Crippen molar-refractivity contribution in [1.82, 2.24) is 10.2 Å². The summed E-state index contributed by atoms with van der Waals surface area (Å²) in [5.74, 6) is -0.208. The van der Waals surface area contributed by atoms with E-state index >= 15 is 0 Å². The van der Waals surface area contributed by atoms with Crippen LogP contribution in [0.3, 0.4) is 0 Å². The molecule has 2 amide bonds. The summed E-state index contributed by atoms with van der Waals surface area (Å²) in [5, 5.41) is 2.95. The number of nitrogens with one attached hydrogen (secondary N) is 1. The molecule has 0 fully saturated rings. The number of carbonyl (C=O) groups is 2. The van der Waals surface area contributed by atoms with Gasteiger partial charge in [-0.2, -0.15) is 0 Å². The van der Waals surface area contributed by atoms with E-state index in [-0.39, 0.29) is 23.4 Å². The van der Waals surface area contributed by atoms with E-state index in [9.17, 15) is 18.0 Å². The number of hydrogen-bond acceptors (Lipinski definition) is 6. The van der Waals surface area contributed by atoms with Gasteiger partial charge in [0.25, 0.3) is 10.0 Å². The molecular formula is C32H41N3O5S2. The van der Waals surface area contributed by atoms with Crippen LogP contribution in [-0.4, -0.2) is 56.6 Å². The number of ether oxygens (including phenoxy) is 1. The van der Waals surface area contributed by atoms with Crippen LogP contribution in [0.1, 0.15) is 45.2 Å². The van der Waals surface area contributed by atoms with E-state index in [0.29, 0.717) is 18.0 Å². The summed E-state index contributed by atoms with van der Waals surface area (Å²) in [6.45, 7) is 9.48. The minimum atomic E-state index is -4.15. The fourth-order valence-electron chi connectivity index (χ4n) is 4.33. The van der Waals surface area contributed by atoms with E-state index in [4.69, 9.17) is 4.74 Å².